The average molecular weight is 1260 g/mol. The Labute approximate surface area is 531 Å². The van der Waals surface area contributed by atoms with E-state index in [1.54, 1.807) is 60.3 Å². The fraction of sp³-hybridized carbons (Fsp3) is 0.727. The van der Waals surface area contributed by atoms with Crippen molar-refractivity contribution in [2.45, 2.75) is 249 Å². The number of amides is 7. The van der Waals surface area contributed by atoms with E-state index in [0.717, 1.165) is 67.9 Å². The van der Waals surface area contributed by atoms with E-state index in [2.05, 4.69) is 33.2 Å². The van der Waals surface area contributed by atoms with Crippen LogP contribution in [0.3, 0.4) is 0 Å². The fourth-order valence-electron chi connectivity index (χ4n) is 12.3. The molecule has 3 aliphatic rings. The molecule has 1 aromatic heterocycles. The maximum Gasteiger partial charge on any atom is 0.306 e. The summed E-state index contributed by atoms with van der Waals surface area (Å²) in [4.78, 5) is 130. The minimum absolute atomic E-state index is 0.0416. The topological polar surface area (TPSA) is 280 Å². The maximum absolute atomic E-state index is 14.4. The van der Waals surface area contributed by atoms with E-state index in [0.29, 0.717) is 74.0 Å². The third kappa shape index (κ3) is 23.7. The van der Waals surface area contributed by atoms with Crippen LogP contribution in [0.4, 0.5) is 5.69 Å². The van der Waals surface area contributed by atoms with E-state index in [9.17, 15) is 48.3 Å². The van der Waals surface area contributed by atoms with E-state index < -0.39 is 59.9 Å². The van der Waals surface area contributed by atoms with Gasteiger partial charge in [-0.15, -0.1) is 23.1 Å². The van der Waals surface area contributed by atoms with Gasteiger partial charge in [0.05, 0.1) is 17.2 Å². The molecule has 2 saturated heterocycles. The molecule has 7 N–H and O–H groups in total. The molecule has 7 amide bonds. The molecule has 88 heavy (non-hydrogen) atoms. The number of aliphatic carboxylic acids is 1. The Morgan fingerprint density at radius 3 is 2.23 bits per heavy atom. The molecule has 2 aromatic rings. The minimum Gasteiger partial charge on any atom is -0.481 e. The van der Waals surface area contributed by atoms with Crippen molar-refractivity contribution in [3.63, 3.8) is 0 Å². The number of unbranched alkanes of at least 4 members (excludes halogenated alkanes) is 3. The number of aromatic nitrogens is 1. The van der Waals surface area contributed by atoms with Crippen molar-refractivity contribution in [1.29, 1.82) is 0 Å². The maximum atomic E-state index is 14.4. The average Bonchev–Trinajstić information content (AvgIpc) is 3.35. The Kier molecular flexibility index (Phi) is 31.4. The molecule has 0 spiro atoms. The SMILES string of the molecule is CC[C@H](C)[C@H](NC(=O)[C@H]1CCCCN1C)C(=O)N(C)[C@H](C[C@@H](OC(C)=O)c1nc(C(=O)N[C@@H](Cc2ccc(NC(=O)[C@H](CCCCN)NC(=O)CCCCCN3C(=O)CC(SC4CCCCCCC(C)CCC4)C3=O)cc2)CC(C)C(=O)O)cs1)C(C)C. The van der Waals surface area contributed by atoms with Gasteiger partial charge in [-0.3, -0.25) is 53.0 Å². The Bertz CT molecular complexity index is 2590. The summed E-state index contributed by atoms with van der Waals surface area (Å²) in [7, 11) is 3.63. The van der Waals surface area contributed by atoms with Crippen molar-refractivity contribution in [1.82, 2.24) is 35.6 Å². The molecule has 20 nitrogen and oxygen atoms in total. The number of hydrogen-bond donors (Lipinski definition) is 6. The zero-order valence-electron chi connectivity index (χ0n) is 54.1. The minimum atomic E-state index is -1.03. The highest BCUT2D eigenvalue weighted by molar-refractivity contribution is 8.01. The quantitative estimate of drug-likeness (QED) is 0.0220. The van der Waals surface area contributed by atoms with Gasteiger partial charge < -0.3 is 41.7 Å². The van der Waals surface area contributed by atoms with Gasteiger partial charge in [0, 0.05) is 68.2 Å². The highest BCUT2D eigenvalue weighted by Crippen LogP contribution is 2.36. The van der Waals surface area contributed by atoms with Crippen molar-refractivity contribution >= 4 is 82.1 Å². The monoisotopic (exact) mass is 1260 g/mol. The molecule has 3 heterocycles. The van der Waals surface area contributed by atoms with Gasteiger partial charge in [-0.1, -0.05) is 118 Å². The normalized spacial score (nSPS) is 21.2. The largest absolute Gasteiger partial charge is 0.481 e. The lowest BCUT2D eigenvalue weighted by molar-refractivity contribution is -0.149. The number of likely N-dealkylation sites (N-methyl/N-ethyl adjacent to an activating group) is 2. The number of nitrogens with zero attached hydrogens (tertiary/aromatic N) is 4. The first-order chi connectivity index (χ1) is 42.0. The van der Waals surface area contributed by atoms with E-state index in [-0.39, 0.29) is 90.5 Å². The highest BCUT2D eigenvalue weighted by atomic mass is 32.2. The lowest BCUT2D eigenvalue weighted by atomic mass is 9.92. The summed E-state index contributed by atoms with van der Waals surface area (Å²) in [6, 6.07) is 3.91. The molecule has 5 rings (SSSR count). The van der Waals surface area contributed by atoms with Gasteiger partial charge in [0.2, 0.25) is 35.4 Å². The first-order valence-corrected chi connectivity index (χ1v) is 34.6. The van der Waals surface area contributed by atoms with E-state index >= 15 is 0 Å². The molecule has 11 atom stereocenters. The van der Waals surface area contributed by atoms with Crippen LogP contribution in [0.25, 0.3) is 0 Å². The van der Waals surface area contributed by atoms with Crippen LogP contribution < -0.4 is 27.0 Å². The fourth-order valence-corrected chi connectivity index (χ4v) is 14.7. The number of likely N-dealkylation sites (tertiary alicyclic amines) is 2. The zero-order valence-corrected chi connectivity index (χ0v) is 55.8. The van der Waals surface area contributed by atoms with Crippen LogP contribution in [0.1, 0.15) is 223 Å². The van der Waals surface area contributed by atoms with E-state index in [1.165, 1.54) is 50.3 Å². The lowest BCUT2D eigenvalue weighted by Crippen LogP contribution is -2.58. The molecule has 1 aliphatic carbocycles. The van der Waals surface area contributed by atoms with Crippen molar-refractivity contribution in [2.75, 3.05) is 39.0 Å². The number of hydrogen-bond acceptors (Lipinski definition) is 15. The number of anilines is 1. The van der Waals surface area contributed by atoms with Crippen molar-refractivity contribution in [3.05, 3.63) is 45.9 Å². The molecule has 4 unspecified atom stereocenters. The Hall–Kier alpha value is -5.45. The highest BCUT2D eigenvalue weighted by Gasteiger charge is 2.41. The predicted molar refractivity (Wildman–Crippen MR) is 346 cm³/mol. The molecule has 3 fully saturated rings. The van der Waals surface area contributed by atoms with Crippen LogP contribution in [0.15, 0.2) is 29.6 Å². The Morgan fingerprint density at radius 1 is 0.864 bits per heavy atom. The van der Waals surface area contributed by atoms with Gasteiger partial charge in [-0.25, -0.2) is 4.98 Å². The molecule has 0 radical (unpaired) electrons. The second-order valence-electron chi connectivity index (χ2n) is 25.6. The third-order valence-electron chi connectivity index (χ3n) is 18.0. The summed E-state index contributed by atoms with van der Waals surface area (Å²) in [6.45, 7) is 14.6. The van der Waals surface area contributed by atoms with Crippen LogP contribution in [0.5, 0.6) is 0 Å². The van der Waals surface area contributed by atoms with Crippen LogP contribution in [-0.4, -0.2) is 153 Å². The molecule has 1 saturated carbocycles. The van der Waals surface area contributed by atoms with Gasteiger partial charge in [-0.05, 0) is 126 Å². The molecule has 1 aromatic carbocycles. The van der Waals surface area contributed by atoms with Gasteiger partial charge in [0.1, 0.15) is 22.8 Å². The summed E-state index contributed by atoms with van der Waals surface area (Å²) in [5.74, 6) is -3.84. The van der Waals surface area contributed by atoms with Crippen molar-refractivity contribution in [2.24, 2.45) is 29.4 Å². The van der Waals surface area contributed by atoms with Crippen molar-refractivity contribution in [3.8, 4) is 0 Å². The number of carbonyl (C=O) groups excluding carboxylic acids is 8. The number of ether oxygens (including phenoxy) is 1. The molecule has 0 bridgehead atoms. The number of thiazole rings is 1. The Balaban J connectivity index is 1.16. The van der Waals surface area contributed by atoms with Crippen molar-refractivity contribution < 1.29 is 53.0 Å². The number of carboxylic acid groups (broad SMARTS) is 1. The van der Waals surface area contributed by atoms with Gasteiger partial charge >= 0.3 is 11.9 Å². The van der Waals surface area contributed by atoms with E-state index in [1.807, 2.05) is 39.6 Å². The second kappa shape index (κ2) is 37.6. The molecule has 22 heteroatoms. The molecular formula is C66H105N9O11S2. The van der Waals surface area contributed by atoms with Crippen LogP contribution in [0, 0.1) is 23.7 Å². The number of nitrogens with two attached hydrogens (primary N) is 1. The van der Waals surface area contributed by atoms with E-state index in [4.69, 9.17) is 10.5 Å². The van der Waals surface area contributed by atoms with Gasteiger partial charge in [-0.2, -0.15) is 0 Å². The molecule has 492 valence electrons. The second-order valence-corrected chi connectivity index (χ2v) is 28.0. The number of nitrogens with one attached hydrogen (secondary N) is 4. The van der Waals surface area contributed by atoms with Gasteiger partial charge in [0.25, 0.3) is 5.91 Å². The molecular weight excluding hydrogens is 1160 g/mol. The summed E-state index contributed by atoms with van der Waals surface area (Å²) in [6.07, 6.45) is 17.5. The number of esters is 1. The Morgan fingerprint density at radius 2 is 1.56 bits per heavy atom. The third-order valence-corrected chi connectivity index (χ3v) is 20.5. The molecule has 2 aliphatic heterocycles. The lowest BCUT2D eigenvalue weighted by Gasteiger charge is -2.38. The van der Waals surface area contributed by atoms with Gasteiger partial charge in [0.15, 0.2) is 6.10 Å². The number of benzene rings is 1. The first-order valence-electron chi connectivity index (χ1n) is 32.8. The summed E-state index contributed by atoms with van der Waals surface area (Å²) in [5.41, 5.74) is 7.04. The summed E-state index contributed by atoms with van der Waals surface area (Å²) in [5, 5.41) is 23.8. The zero-order chi connectivity index (χ0) is 64.5. The number of carboxylic acids is 1. The van der Waals surface area contributed by atoms with Crippen LogP contribution in [0.2, 0.25) is 0 Å². The van der Waals surface area contributed by atoms with Crippen LogP contribution in [-0.2, 0) is 49.5 Å². The summed E-state index contributed by atoms with van der Waals surface area (Å²) < 4.78 is 5.85. The number of thioether (sulfide) groups is 1. The smallest absolute Gasteiger partial charge is 0.306 e. The summed E-state index contributed by atoms with van der Waals surface area (Å²) >= 11 is 2.84. The number of piperidine rings is 1. The standard InChI is InChI=1S/C66H105N9O11S2/c1-10-44(5)59(72-62(81)53-28-18-21-35-73(53)8)65(83)74(9)54(42(2)3)39-55(86-46(7)76)63-71-52(41-87-63)61(80)69-49(37-45(6)66(84)85)38-47-30-32-48(33-31-47)68-60(79)51(27-17-19-34-67)70-57(77)29-16-13-20-36-75-58(78)40-56(64(75)82)88-50-25-15-12-11-14-23-43(4)24-22-26-50/h30-33,41-45,49-51,53-56,59H,10-29,34-40,67H2,1-9H3,(H,68,79)(H,69,80)(H,70,77)(H,72,81)(H,84,85)/t43?,44-,45?,49+,50?,51-,53+,54+,55+,56?,59-/m0/s1. The number of rotatable bonds is 33. The van der Waals surface area contributed by atoms with Crippen LogP contribution >= 0.6 is 23.1 Å². The first kappa shape index (κ1) is 73.3. The predicted octanol–water partition coefficient (Wildman–Crippen LogP) is 9.59. The number of imide groups is 1. The number of carbonyl (C=O) groups is 9.